The van der Waals surface area contributed by atoms with Gasteiger partial charge in [0.05, 0.1) is 5.69 Å². The summed E-state index contributed by atoms with van der Waals surface area (Å²) >= 11 is 0. The van der Waals surface area contributed by atoms with Crippen LogP contribution in [-0.4, -0.2) is 19.6 Å². The van der Waals surface area contributed by atoms with Crippen LogP contribution in [0.4, 0.5) is 0 Å². The van der Waals surface area contributed by atoms with E-state index < -0.39 is 0 Å². The van der Waals surface area contributed by atoms with Gasteiger partial charge in [0.15, 0.2) is 5.65 Å². The van der Waals surface area contributed by atoms with Crippen molar-refractivity contribution in [2.24, 2.45) is 0 Å². The van der Waals surface area contributed by atoms with Crippen molar-refractivity contribution in [2.75, 3.05) is 5.84 Å². The first kappa shape index (κ1) is 10.9. The monoisotopic (exact) mass is 219 g/mol. The Morgan fingerprint density at radius 2 is 1.94 bits per heavy atom. The molecule has 86 valence electrons. The highest BCUT2D eigenvalue weighted by Gasteiger charge is 2.11. The summed E-state index contributed by atoms with van der Waals surface area (Å²) in [7, 11) is 0. The third kappa shape index (κ3) is 1.85. The van der Waals surface area contributed by atoms with Gasteiger partial charge < -0.3 is 5.84 Å². The lowest BCUT2D eigenvalue weighted by atomic mass is 10.2. The van der Waals surface area contributed by atoms with Crippen molar-refractivity contribution in [3.05, 3.63) is 17.8 Å². The molecule has 0 aromatic carbocycles. The predicted octanol–water partition coefficient (Wildman–Crippen LogP) is 1.45. The average Bonchev–Trinajstić information content (AvgIpc) is 2.62. The molecular formula is C11H17N5. The second-order valence-corrected chi connectivity index (χ2v) is 3.91. The molecule has 0 saturated carbocycles. The molecule has 0 saturated heterocycles. The number of imidazole rings is 1. The molecule has 0 aliphatic rings. The molecule has 0 spiro atoms. The molecule has 16 heavy (non-hydrogen) atoms. The summed E-state index contributed by atoms with van der Waals surface area (Å²) in [6.07, 6.45) is 5.49. The lowest BCUT2D eigenvalue weighted by Crippen LogP contribution is -2.09. The second kappa shape index (κ2) is 4.47. The zero-order valence-electron chi connectivity index (χ0n) is 9.77. The van der Waals surface area contributed by atoms with Crippen LogP contribution in [0.3, 0.4) is 0 Å². The summed E-state index contributed by atoms with van der Waals surface area (Å²) in [5.74, 6) is 6.64. The number of aryl methyl sites for hydroxylation is 2. The fourth-order valence-corrected chi connectivity index (χ4v) is 1.77. The van der Waals surface area contributed by atoms with Crippen molar-refractivity contribution < 1.29 is 0 Å². The fourth-order valence-electron chi connectivity index (χ4n) is 1.77. The van der Waals surface area contributed by atoms with Gasteiger partial charge >= 0.3 is 0 Å². The fraction of sp³-hybridized carbons (Fsp3) is 0.545. The number of nitrogen functional groups attached to an aromatic ring is 1. The lowest BCUT2D eigenvalue weighted by molar-refractivity contribution is 0.802. The molecule has 0 aliphatic carbocycles. The van der Waals surface area contributed by atoms with Crippen LogP contribution in [0.25, 0.3) is 11.2 Å². The number of nitrogens with two attached hydrogens (primary N) is 1. The number of hydrogen-bond donors (Lipinski definition) is 1. The molecule has 0 aliphatic heterocycles. The van der Waals surface area contributed by atoms with Gasteiger partial charge in [0.25, 0.3) is 0 Å². The molecular weight excluding hydrogens is 202 g/mol. The van der Waals surface area contributed by atoms with Gasteiger partial charge in [-0.25, -0.2) is 19.6 Å². The summed E-state index contributed by atoms with van der Waals surface area (Å²) in [6.45, 7) is 4.25. The number of rotatable bonds is 4. The van der Waals surface area contributed by atoms with E-state index in [1.54, 1.807) is 6.33 Å². The van der Waals surface area contributed by atoms with Crippen LogP contribution in [0.15, 0.2) is 6.33 Å². The highest BCUT2D eigenvalue weighted by atomic mass is 15.3. The minimum absolute atomic E-state index is 0.738. The van der Waals surface area contributed by atoms with E-state index in [1.165, 1.54) is 4.68 Å². The normalized spacial score (nSPS) is 11.1. The maximum absolute atomic E-state index is 5.77. The first-order valence-electron chi connectivity index (χ1n) is 5.74. The molecule has 0 fully saturated rings. The minimum Gasteiger partial charge on any atom is -0.336 e. The number of fused-ring (bicyclic) bond motifs is 1. The van der Waals surface area contributed by atoms with Gasteiger partial charge in [-0.15, -0.1) is 0 Å². The summed E-state index contributed by atoms with van der Waals surface area (Å²) in [6, 6.07) is 0. The quantitative estimate of drug-likeness (QED) is 0.790. The van der Waals surface area contributed by atoms with E-state index in [1.807, 2.05) is 0 Å². The maximum atomic E-state index is 5.77. The van der Waals surface area contributed by atoms with E-state index >= 15 is 0 Å². The van der Waals surface area contributed by atoms with Gasteiger partial charge in [0.2, 0.25) is 0 Å². The van der Waals surface area contributed by atoms with Crippen molar-refractivity contribution in [3.63, 3.8) is 0 Å². The van der Waals surface area contributed by atoms with Gasteiger partial charge in [-0.1, -0.05) is 20.3 Å². The van der Waals surface area contributed by atoms with Crippen LogP contribution < -0.4 is 5.84 Å². The van der Waals surface area contributed by atoms with Crippen LogP contribution in [0, 0.1) is 0 Å². The highest BCUT2D eigenvalue weighted by molar-refractivity contribution is 5.73. The molecule has 0 radical (unpaired) electrons. The number of aromatic nitrogens is 4. The Balaban J connectivity index is 2.56. The Bertz CT molecular complexity index is 488. The summed E-state index contributed by atoms with van der Waals surface area (Å²) < 4.78 is 1.47. The molecule has 5 heteroatoms. The highest BCUT2D eigenvalue weighted by Crippen LogP contribution is 2.15. The van der Waals surface area contributed by atoms with Crippen LogP contribution in [0.5, 0.6) is 0 Å². The zero-order chi connectivity index (χ0) is 11.5. The third-order valence-corrected chi connectivity index (χ3v) is 2.50. The lowest BCUT2D eigenvalue weighted by Gasteiger charge is -2.04. The maximum Gasteiger partial charge on any atom is 0.182 e. The summed E-state index contributed by atoms with van der Waals surface area (Å²) in [4.78, 5) is 13.2. The van der Waals surface area contributed by atoms with Crippen molar-refractivity contribution >= 4 is 11.2 Å². The molecule has 5 nitrogen and oxygen atoms in total. The molecule has 0 atom stereocenters. The number of hydrogen-bond acceptors (Lipinski definition) is 4. The van der Waals surface area contributed by atoms with E-state index in [-0.39, 0.29) is 0 Å². The molecule has 2 aromatic heterocycles. The molecule has 2 N–H and O–H groups in total. The Kier molecular flexibility index (Phi) is 3.03. The summed E-state index contributed by atoms with van der Waals surface area (Å²) in [5.41, 5.74) is 2.59. The van der Waals surface area contributed by atoms with E-state index in [2.05, 4.69) is 28.8 Å². The first-order valence-corrected chi connectivity index (χ1v) is 5.74. The SMILES string of the molecule is CCCc1nc(CCC)c2ncn(N)c2n1. The molecule has 2 aromatic rings. The second-order valence-electron chi connectivity index (χ2n) is 3.91. The van der Waals surface area contributed by atoms with Gasteiger partial charge in [0.1, 0.15) is 17.7 Å². The molecule has 0 unspecified atom stereocenters. The molecule has 2 heterocycles. The topological polar surface area (TPSA) is 69.6 Å². The van der Waals surface area contributed by atoms with Crippen molar-refractivity contribution in [1.82, 2.24) is 19.6 Å². The Morgan fingerprint density at radius 3 is 2.62 bits per heavy atom. The van der Waals surface area contributed by atoms with Gasteiger partial charge in [-0.05, 0) is 12.8 Å². The third-order valence-electron chi connectivity index (χ3n) is 2.50. The van der Waals surface area contributed by atoms with Gasteiger partial charge in [-0.2, -0.15) is 0 Å². The van der Waals surface area contributed by atoms with Gasteiger partial charge in [-0.3, -0.25) is 0 Å². The van der Waals surface area contributed by atoms with Crippen molar-refractivity contribution in [1.29, 1.82) is 0 Å². The van der Waals surface area contributed by atoms with Crippen LogP contribution in [0.1, 0.15) is 38.2 Å². The predicted molar refractivity (Wildman–Crippen MR) is 63.5 cm³/mol. The summed E-state index contributed by atoms with van der Waals surface area (Å²) in [5, 5.41) is 0. The van der Waals surface area contributed by atoms with E-state index in [9.17, 15) is 0 Å². The first-order chi connectivity index (χ1) is 7.76. The van der Waals surface area contributed by atoms with E-state index in [0.717, 1.165) is 48.4 Å². The average molecular weight is 219 g/mol. The van der Waals surface area contributed by atoms with Crippen LogP contribution in [0.2, 0.25) is 0 Å². The molecule has 0 bridgehead atoms. The largest absolute Gasteiger partial charge is 0.336 e. The number of nitrogens with zero attached hydrogens (tertiary/aromatic N) is 4. The van der Waals surface area contributed by atoms with E-state index in [4.69, 9.17) is 5.84 Å². The van der Waals surface area contributed by atoms with Crippen molar-refractivity contribution in [2.45, 2.75) is 39.5 Å². The Morgan fingerprint density at radius 1 is 1.19 bits per heavy atom. The van der Waals surface area contributed by atoms with Crippen LogP contribution in [-0.2, 0) is 12.8 Å². The molecule has 2 rings (SSSR count). The van der Waals surface area contributed by atoms with Gasteiger partial charge in [0, 0.05) is 6.42 Å². The zero-order valence-corrected chi connectivity index (χ0v) is 9.77. The standard InChI is InChI=1S/C11H17N5/c1-3-5-8-10-11(16(12)7-13-10)15-9(14-8)6-4-2/h7H,3-6,12H2,1-2H3. The smallest absolute Gasteiger partial charge is 0.182 e. The van der Waals surface area contributed by atoms with Crippen molar-refractivity contribution in [3.8, 4) is 0 Å². The van der Waals surface area contributed by atoms with E-state index in [0.29, 0.717) is 0 Å². The molecule has 0 amide bonds. The Labute approximate surface area is 94.7 Å². The Hall–Kier alpha value is -1.65. The minimum atomic E-state index is 0.738. The van der Waals surface area contributed by atoms with Crippen LogP contribution >= 0.6 is 0 Å².